The number of hydrogen-bond donors (Lipinski definition) is 3. The standard InChI is InChI=1S/C86H168O17P2/c1-9-78(7)64-56-48-40-34-28-22-18-13-11-12-14-19-23-29-36-42-52-60-68-85(90)102-81(72-96-83(88)66-58-50-41-35-31-25-27-33-39-47-55-63-77(5)6)74-100-104(92,93)98-70-80(87)71-99-105(94,95)101-75-82(73-97-84(89)67-59-51-45-44-49-57-65-79(8)10-2)103-86(91)69-61-53-43-37-30-24-20-16-15-17-21-26-32-38-46-54-62-76(3)4/h76-82,87H,9-75H2,1-8H3,(H,92,93)(H,94,95)/t78?,79?,80-,81-,82-/m1/s1. The van der Waals surface area contributed by atoms with Gasteiger partial charge in [-0.1, -0.05) is 396 Å². The fraction of sp³-hybridized carbons (Fsp3) is 0.953. The molecule has 0 spiro atoms. The van der Waals surface area contributed by atoms with Gasteiger partial charge in [-0.2, -0.15) is 0 Å². The van der Waals surface area contributed by atoms with E-state index in [1.807, 2.05) is 0 Å². The van der Waals surface area contributed by atoms with Gasteiger partial charge in [0.25, 0.3) is 0 Å². The van der Waals surface area contributed by atoms with Crippen molar-refractivity contribution < 1.29 is 80.2 Å². The van der Waals surface area contributed by atoms with Gasteiger partial charge in [-0.15, -0.1) is 0 Å². The van der Waals surface area contributed by atoms with Gasteiger partial charge in [0.1, 0.15) is 19.3 Å². The summed E-state index contributed by atoms with van der Waals surface area (Å²) in [6.07, 6.45) is 63.9. The lowest BCUT2D eigenvalue weighted by molar-refractivity contribution is -0.161. The molecule has 0 fully saturated rings. The van der Waals surface area contributed by atoms with Crippen LogP contribution in [0, 0.1) is 23.7 Å². The average Bonchev–Trinajstić information content (AvgIpc) is 0.928. The zero-order valence-corrected chi connectivity index (χ0v) is 71.2. The van der Waals surface area contributed by atoms with Crippen LogP contribution < -0.4 is 0 Å². The smallest absolute Gasteiger partial charge is 0.462 e. The van der Waals surface area contributed by atoms with Crippen LogP contribution >= 0.6 is 15.6 Å². The van der Waals surface area contributed by atoms with E-state index in [1.54, 1.807) is 0 Å². The molecular weight excluding hydrogens is 1370 g/mol. The molecule has 0 radical (unpaired) electrons. The van der Waals surface area contributed by atoms with Crippen LogP contribution in [0.4, 0.5) is 0 Å². The number of aliphatic hydroxyl groups excluding tert-OH is 1. The van der Waals surface area contributed by atoms with Crippen LogP contribution in [0.3, 0.4) is 0 Å². The second-order valence-electron chi connectivity index (χ2n) is 32.4. The third kappa shape index (κ3) is 77.2. The number of aliphatic hydroxyl groups is 1. The summed E-state index contributed by atoms with van der Waals surface area (Å²) in [4.78, 5) is 73.2. The molecular formula is C86H168O17P2. The summed E-state index contributed by atoms with van der Waals surface area (Å²) in [6.45, 7) is 14.3. The van der Waals surface area contributed by atoms with Crippen molar-refractivity contribution in [1.82, 2.24) is 0 Å². The number of carbonyl (C=O) groups excluding carboxylic acids is 4. The zero-order valence-electron chi connectivity index (χ0n) is 69.4. The van der Waals surface area contributed by atoms with Crippen molar-refractivity contribution in [3.8, 4) is 0 Å². The first-order chi connectivity index (χ1) is 50.7. The van der Waals surface area contributed by atoms with Gasteiger partial charge in [-0.3, -0.25) is 37.3 Å². The minimum atomic E-state index is -4.97. The molecule has 3 N–H and O–H groups in total. The highest BCUT2D eigenvalue weighted by Gasteiger charge is 2.31. The minimum Gasteiger partial charge on any atom is -0.462 e. The van der Waals surface area contributed by atoms with Crippen LogP contribution in [0.25, 0.3) is 0 Å². The summed E-state index contributed by atoms with van der Waals surface area (Å²) >= 11 is 0. The number of phosphoric ester groups is 2. The minimum absolute atomic E-state index is 0.107. The van der Waals surface area contributed by atoms with Gasteiger partial charge >= 0.3 is 39.5 Å². The maximum absolute atomic E-state index is 13.1. The summed E-state index contributed by atoms with van der Waals surface area (Å²) in [6, 6.07) is 0. The van der Waals surface area contributed by atoms with Gasteiger partial charge in [0.15, 0.2) is 12.2 Å². The van der Waals surface area contributed by atoms with E-state index in [9.17, 15) is 43.2 Å². The van der Waals surface area contributed by atoms with Gasteiger partial charge in [0.05, 0.1) is 26.4 Å². The summed E-state index contributed by atoms with van der Waals surface area (Å²) in [5.41, 5.74) is 0. The van der Waals surface area contributed by atoms with Gasteiger partial charge in [-0.25, -0.2) is 9.13 Å². The highest BCUT2D eigenvalue weighted by atomic mass is 31.2. The van der Waals surface area contributed by atoms with E-state index in [0.29, 0.717) is 25.7 Å². The molecule has 7 atom stereocenters. The first kappa shape index (κ1) is 103. The number of rotatable bonds is 83. The van der Waals surface area contributed by atoms with E-state index in [-0.39, 0.29) is 25.7 Å². The fourth-order valence-corrected chi connectivity index (χ4v) is 14.8. The number of phosphoric acid groups is 2. The Kier molecular flexibility index (Phi) is 73.4. The van der Waals surface area contributed by atoms with Crippen molar-refractivity contribution in [3.05, 3.63) is 0 Å². The predicted molar refractivity (Wildman–Crippen MR) is 432 cm³/mol. The summed E-state index contributed by atoms with van der Waals surface area (Å²) < 4.78 is 68.9. The van der Waals surface area contributed by atoms with E-state index in [2.05, 4.69) is 55.4 Å². The van der Waals surface area contributed by atoms with Crippen LogP contribution in [0.15, 0.2) is 0 Å². The molecule has 19 heteroatoms. The van der Waals surface area contributed by atoms with E-state index in [0.717, 1.165) is 120 Å². The second kappa shape index (κ2) is 74.8. The Bertz CT molecular complexity index is 2050. The molecule has 105 heavy (non-hydrogen) atoms. The molecule has 0 aliphatic carbocycles. The number of carbonyl (C=O) groups is 4. The summed E-state index contributed by atoms with van der Waals surface area (Å²) in [5, 5.41) is 10.7. The molecule has 624 valence electrons. The molecule has 0 rings (SSSR count). The lowest BCUT2D eigenvalue weighted by atomic mass is 9.99. The molecule has 0 heterocycles. The van der Waals surface area contributed by atoms with Crippen molar-refractivity contribution >= 4 is 39.5 Å². The highest BCUT2D eigenvalue weighted by molar-refractivity contribution is 7.47. The SMILES string of the molecule is CCC(C)CCCCCCCCCCCCCCCCCCCCC(=O)O[C@H](COC(=O)CCCCCCCCCCCCCC(C)C)COP(=O)(O)OC[C@@H](O)COP(=O)(O)OC[C@@H](COC(=O)CCCCCCCCC(C)CC)OC(=O)CCCCCCCCCCCCCCCCCCC(C)C. The van der Waals surface area contributed by atoms with E-state index < -0.39 is 97.5 Å². The molecule has 0 saturated heterocycles. The van der Waals surface area contributed by atoms with Crippen LogP contribution in [-0.4, -0.2) is 96.7 Å². The maximum atomic E-state index is 13.1. The third-order valence-electron chi connectivity index (χ3n) is 20.8. The molecule has 17 nitrogen and oxygen atoms in total. The monoisotopic (exact) mass is 1540 g/mol. The first-order valence-electron chi connectivity index (χ1n) is 44.3. The molecule has 4 unspecified atom stereocenters. The Morgan fingerprint density at radius 2 is 0.457 bits per heavy atom. The summed E-state index contributed by atoms with van der Waals surface area (Å²) in [5.74, 6) is 1.07. The van der Waals surface area contributed by atoms with Gasteiger partial charge in [0, 0.05) is 25.7 Å². The first-order valence-corrected chi connectivity index (χ1v) is 47.3. The van der Waals surface area contributed by atoms with Gasteiger partial charge in [0.2, 0.25) is 0 Å². The molecule has 0 aromatic carbocycles. The van der Waals surface area contributed by atoms with Crippen LogP contribution in [0.1, 0.15) is 447 Å². The molecule has 0 saturated carbocycles. The number of hydrogen-bond acceptors (Lipinski definition) is 15. The Balaban J connectivity index is 5.21. The normalized spacial score (nSPS) is 14.4. The average molecular weight is 1540 g/mol. The number of unbranched alkanes of at least 4 members (excludes halogenated alkanes) is 47. The Morgan fingerprint density at radius 1 is 0.267 bits per heavy atom. The molecule has 0 amide bonds. The number of esters is 4. The molecule has 0 aliphatic rings. The van der Waals surface area contributed by atoms with Crippen LogP contribution in [0.2, 0.25) is 0 Å². The lowest BCUT2D eigenvalue weighted by Gasteiger charge is -2.21. The second-order valence-corrected chi connectivity index (χ2v) is 35.3. The topological polar surface area (TPSA) is 237 Å². The number of ether oxygens (including phenoxy) is 4. The van der Waals surface area contributed by atoms with E-state index >= 15 is 0 Å². The quantitative estimate of drug-likeness (QED) is 0.0222. The molecule has 0 aromatic rings. The Morgan fingerprint density at radius 3 is 0.676 bits per heavy atom. The van der Waals surface area contributed by atoms with Gasteiger partial charge < -0.3 is 33.8 Å². The third-order valence-corrected chi connectivity index (χ3v) is 22.7. The zero-order chi connectivity index (χ0) is 77.4. The van der Waals surface area contributed by atoms with Crippen LogP contribution in [-0.2, 0) is 65.4 Å². The van der Waals surface area contributed by atoms with E-state index in [1.165, 1.54) is 244 Å². The van der Waals surface area contributed by atoms with E-state index in [4.69, 9.17) is 37.0 Å². The summed E-state index contributed by atoms with van der Waals surface area (Å²) in [7, 11) is -9.93. The Hall–Kier alpha value is -1.94. The predicted octanol–water partition coefficient (Wildman–Crippen LogP) is 25.9. The lowest BCUT2D eigenvalue weighted by Crippen LogP contribution is -2.30. The van der Waals surface area contributed by atoms with Crippen molar-refractivity contribution in [2.75, 3.05) is 39.6 Å². The molecule has 0 aliphatic heterocycles. The van der Waals surface area contributed by atoms with Crippen molar-refractivity contribution in [2.24, 2.45) is 23.7 Å². The molecule has 0 bridgehead atoms. The fourth-order valence-electron chi connectivity index (χ4n) is 13.3. The van der Waals surface area contributed by atoms with Crippen LogP contribution in [0.5, 0.6) is 0 Å². The van der Waals surface area contributed by atoms with Gasteiger partial charge in [-0.05, 0) is 49.4 Å². The van der Waals surface area contributed by atoms with Crippen molar-refractivity contribution in [3.63, 3.8) is 0 Å². The largest absolute Gasteiger partial charge is 0.472 e. The Labute approximate surface area is 645 Å². The highest BCUT2D eigenvalue weighted by Crippen LogP contribution is 2.45. The van der Waals surface area contributed by atoms with Crippen molar-refractivity contribution in [1.29, 1.82) is 0 Å². The molecule has 0 aromatic heterocycles. The maximum Gasteiger partial charge on any atom is 0.472 e. The van der Waals surface area contributed by atoms with Crippen molar-refractivity contribution in [2.45, 2.75) is 465 Å².